The van der Waals surface area contributed by atoms with E-state index < -0.39 is 17.0 Å². The van der Waals surface area contributed by atoms with Crippen molar-refractivity contribution in [3.63, 3.8) is 0 Å². The first-order valence-electron chi connectivity index (χ1n) is 7.37. The topological polar surface area (TPSA) is 98.7 Å². The molecular formula is C14H23N3O4. The number of hydrogen-bond acceptors (Lipinski definition) is 3. The minimum Gasteiger partial charge on any atom is -0.481 e. The van der Waals surface area contributed by atoms with Crippen LogP contribution in [0.2, 0.25) is 0 Å². The summed E-state index contributed by atoms with van der Waals surface area (Å²) in [6.45, 7) is 4.23. The first-order valence-corrected chi connectivity index (χ1v) is 7.37. The number of aliphatic carboxylic acids is 1. The number of carbonyl (C=O) groups excluding carboxylic acids is 2. The summed E-state index contributed by atoms with van der Waals surface area (Å²) in [5.74, 6) is -1.10. The summed E-state index contributed by atoms with van der Waals surface area (Å²) >= 11 is 0. The highest BCUT2D eigenvalue weighted by Crippen LogP contribution is 2.33. The molecule has 3 amide bonds. The molecule has 0 aromatic heterocycles. The van der Waals surface area contributed by atoms with Crippen molar-refractivity contribution in [3.8, 4) is 0 Å². The summed E-state index contributed by atoms with van der Waals surface area (Å²) in [6.07, 6.45) is 3.10. The number of nitrogens with one attached hydrogen (secondary N) is 2. The summed E-state index contributed by atoms with van der Waals surface area (Å²) in [5.41, 5.74) is -1.60. The Hall–Kier alpha value is -1.79. The smallest absolute Gasteiger partial charge is 0.318 e. The lowest BCUT2D eigenvalue weighted by atomic mass is 9.93. The Morgan fingerprint density at radius 2 is 1.95 bits per heavy atom. The number of urea groups is 1. The van der Waals surface area contributed by atoms with Crippen molar-refractivity contribution in [2.24, 2.45) is 0 Å². The molecule has 0 bridgehead atoms. The van der Waals surface area contributed by atoms with Crippen LogP contribution in [0.5, 0.6) is 0 Å². The van der Waals surface area contributed by atoms with Crippen molar-refractivity contribution < 1.29 is 19.5 Å². The molecule has 0 spiro atoms. The third-order valence-corrected chi connectivity index (χ3v) is 4.52. The summed E-state index contributed by atoms with van der Waals surface area (Å²) in [7, 11) is 0. The summed E-state index contributed by atoms with van der Waals surface area (Å²) in [6, 6.07) is -0.349. The molecule has 7 nitrogen and oxygen atoms in total. The van der Waals surface area contributed by atoms with Crippen LogP contribution in [-0.4, -0.2) is 52.1 Å². The predicted molar refractivity (Wildman–Crippen MR) is 75.8 cm³/mol. The van der Waals surface area contributed by atoms with Gasteiger partial charge in [-0.05, 0) is 26.7 Å². The maximum atomic E-state index is 12.5. The molecule has 0 radical (unpaired) electrons. The molecule has 1 heterocycles. The van der Waals surface area contributed by atoms with Crippen molar-refractivity contribution in [2.45, 2.75) is 57.0 Å². The van der Waals surface area contributed by atoms with Crippen LogP contribution in [0.3, 0.4) is 0 Å². The number of rotatable bonds is 3. The average Bonchev–Trinajstić information content (AvgIpc) is 2.79. The fraction of sp³-hybridized carbons (Fsp3) is 0.786. The van der Waals surface area contributed by atoms with E-state index in [2.05, 4.69) is 10.6 Å². The molecule has 0 aromatic carbocycles. The quantitative estimate of drug-likeness (QED) is 0.714. The van der Waals surface area contributed by atoms with Gasteiger partial charge in [0.05, 0.1) is 12.0 Å². The van der Waals surface area contributed by atoms with Crippen molar-refractivity contribution in [2.75, 3.05) is 13.1 Å². The lowest BCUT2D eigenvalue weighted by Gasteiger charge is -2.43. The Kier molecular flexibility index (Phi) is 4.11. The fourth-order valence-corrected chi connectivity index (χ4v) is 3.24. The largest absolute Gasteiger partial charge is 0.481 e. The van der Waals surface area contributed by atoms with Gasteiger partial charge in [0.2, 0.25) is 5.91 Å². The molecular weight excluding hydrogens is 274 g/mol. The number of amides is 3. The van der Waals surface area contributed by atoms with Crippen molar-refractivity contribution in [1.82, 2.24) is 15.5 Å². The van der Waals surface area contributed by atoms with Crippen LogP contribution >= 0.6 is 0 Å². The van der Waals surface area contributed by atoms with Crippen LogP contribution in [0.1, 0.15) is 46.0 Å². The van der Waals surface area contributed by atoms with Gasteiger partial charge < -0.3 is 20.6 Å². The van der Waals surface area contributed by atoms with E-state index in [1.807, 2.05) is 0 Å². The van der Waals surface area contributed by atoms with Gasteiger partial charge in [-0.25, -0.2) is 4.79 Å². The van der Waals surface area contributed by atoms with Crippen LogP contribution in [0.25, 0.3) is 0 Å². The van der Waals surface area contributed by atoms with Crippen LogP contribution in [0, 0.1) is 0 Å². The SMILES string of the molecule is CC1(C)C(=O)NCCN1C(=O)NC1(CC(=O)O)CCCC1. The van der Waals surface area contributed by atoms with E-state index in [-0.39, 0.29) is 18.4 Å². The zero-order chi connectivity index (χ0) is 15.7. The van der Waals surface area contributed by atoms with Gasteiger partial charge in [0.25, 0.3) is 0 Å². The highest BCUT2D eigenvalue weighted by atomic mass is 16.4. The predicted octanol–water partition coefficient (Wildman–Crippen LogP) is 0.694. The van der Waals surface area contributed by atoms with E-state index in [0.29, 0.717) is 25.9 Å². The minimum atomic E-state index is -0.925. The zero-order valence-electron chi connectivity index (χ0n) is 12.6. The van der Waals surface area contributed by atoms with Crippen LogP contribution in [0.4, 0.5) is 4.79 Å². The van der Waals surface area contributed by atoms with Crippen LogP contribution in [0.15, 0.2) is 0 Å². The van der Waals surface area contributed by atoms with Crippen molar-refractivity contribution in [1.29, 1.82) is 0 Å². The Labute approximate surface area is 124 Å². The maximum absolute atomic E-state index is 12.5. The van der Waals surface area contributed by atoms with Gasteiger partial charge in [0.15, 0.2) is 0 Å². The Balaban J connectivity index is 2.12. The highest BCUT2D eigenvalue weighted by Gasteiger charge is 2.44. The molecule has 0 atom stereocenters. The Morgan fingerprint density at radius 1 is 1.33 bits per heavy atom. The molecule has 0 unspecified atom stereocenters. The zero-order valence-corrected chi connectivity index (χ0v) is 12.6. The number of hydrogen-bond donors (Lipinski definition) is 3. The molecule has 1 aliphatic carbocycles. The van der Waals surface area contributed by atoms with Gasteiger partial charge in [-0.1, -0.05) is 12.8 Å². The Bertz CT molecular complexity index is 455. The molecule has 0 aromatic rings. The summed E-state index contributed by atoms with van der Waals surface area (Å²) < 4.78 is 0. The van der Waals surface area contributed by atoms with Gasteiger partial charge in [-0.15, -0.1) is 0 Å². The first-order chi connectivity index (χ1) is 9.77. The van der Waals surface area contributed by atoms with Gasteiger partial charge in [-0.2, -0.15) is 0 Å². The van der Waals surface area contributed by atoms with E-state index in [1.54, 1.807) is 13.8 Å². The third-order valence-electron chi connectivity index (χ3n) is 4.52. The molecule has 2 rings (SSSR count). The number of carboxylic acid groups (broad SMARTS) is 1. The van der Waals surface area contributed by atoms with Gasteiger partial charge in [0, 0.05) is 13.1 Å². The molecule has 7 heteroatoms. The normalized spacial score (nSPS) is 23.5. The first kappa shape index (κ1) is 15.6. The molecule has 3 N–H and O–H groups in total. The monoisotopic (exact) mass is 297 g/mol. The standard InChI is InChI=1S/C14H23N3O4/c1-13(2)11(20)15-7-8-17(13)12(21)16-14(9-10(18)19)5-3-4-6-14/h3-9H2,1-2H3,(H,15,20)(H,16,21)(H,18,19). The van der Waals surface area contributed by atoms with E-state index in [4.69, 9.17) is 5.11 Å². The lowest BCUT2D eigenvalue weighted by Crippen LogP contribution is -2.67. The highest BCUT2D eigenvalue weighted by molar-refractivity contribution is 5.91. The van der Waals surface area contributed by atoms with E-state index in [9.17, 15) is 14.4 Å². The molecule has 2 fully saturated rings. The third kappa shape index (κ3) is 3.11. The van der Waals surface area contributed by atoms with E-state index >= 15 is 0 Å². The van der Waals surface area contributed by atoms with Gasteiger partial charge in [0.1, 0.15) is 5.54 Å². The average molecular weight is 297 g/mol. The minimum absolute atomic E-state index is 0.0702. The summed E-state index contributed by atoms with van der Waals surface area (Å²) in [5, 5.41) is 14.7. The molecule has 21 heavy (non-hydrogen) atoms. The van der Waals surface area contributed by atoms with Crippen molar-refractivity contribution >= 4 is 17.9 Å². The molecule has 1 aliphatic heterocycles. The van der Waals surface area contributed by atoms with E-state index in [1.165, 1.54) is 4.90 Å². The van der Waals surface area contributed by atoms with Crippen molar-refractivity contribution in [3.05, 3.63) is 0 Å². The Morgan fingerprint density at radius 3 is 2.52 bits per heavy atom. The second-order valence-electron chi connectivity index (χ2n) is 6.45. The molecule has 2 aliphatic rings. The second-order valence-corrected chi connectivity index (χ2v) is 6.45. The molecule has 1 saturated heterocycles. The second kappa shape index (κ2) is 5.54. The lowest BCUT2D eigenvalue weighted by molar-refractivity contribution is -0.139. The number of piperazine rings is 1. The summed E-state index contributed by atoms with van der Waals surface area (Å²) in [4.78, 5) is 37.0. The van der Waals surface area contributed by atoms with Gasteiger partial charge in [-0.3, -0.25) is 9.59 Å². The maximum Gasteiger partial charge on any atom is 0.318 e. The van der Waals surface area contributed by atoms with Gasteiger partial charge >= 0.3 is 12.0 Å². The van der Waals surface area contributed by atoms with Crippen LogP contribution < -0.4 is 10.6 Å². The molecule has 118 valence electrons. The number of carbonyl (C=O) groups is 3. The number of carboxylic acids is 1. The fourth-order valence-electron chi connectivity index (χ4n) is 3.24. The number of nitrogens with zero attached hydrogens (tertiary/aromatic N) is 1. The van der Waals surface area contributed by atoms with E-state index in [0.717, 1.165) is 12.8 Å². The molecule has 1 saturated carbocycles. The van der Waals surface area contributed by atoms with Crippen LogP contribution in [-0.2, 0) is 9.59 Å².